The molecule has 20 heavy (non-hydrogen) atoms. The van der Waals surface area contributed by atoms with Crippen LogP contribution in [0.5, 0.6) is 0 Å². The van der Waals surface area contributed by atoms with E-state index in [1.54, 1.807) is 12.1 Å². The Kier molecular flexibility index (Phi) is 4.17. The molecule has 2 rings (SSSR count). The van der Waals surface area contributed by atoms with Crippen molar-refractivity contribution in [2.24, 2.45) is 0 Å². The highest BCUT2D eigenvalue weighted by atomic mass is 16.1. The van der Waals surface area contributed by atoms with Crippen LogP contribution in [0.4, 0.5) is 0 Å². The third-order valence-electron chi connectivity index (χ3n) is 2.99. The van der Waals surface area contributed by atoms with E-state index in [4.69, 9.17) is 5.26 Å². The Morgan fingerprint density at radius 2 is 1.85 bits per heavy atom. The van der Waals surface area contributed by atoms with Crippen molar-refractivity contribution in [1.82, 2.24) is 5.32 Å². The normalized spacial score (nSPS) is 9.85. The highest BCUT2D eigenvalue weighted by Crippen LogP contribution is 2.09. The van der Waals surface area contributed by atoms with Crippen LogP contribution in [0.1, 0.15) is 32.6 Å². The Bertz CT molecular complexity index is 663. The largest absolute Gasteiger partial charge is 0.348 e. The summed E-state index contributed by atoms with van der Waals surface area (Å²) in [4.78, 5) is 12.1. The highest BCUT2D eigenvalue weighted by Gasteiger charge is 2.06. The highest BCUT2D eigenvalue weighted by molar-refractivity contribution is 5.94. The molecule has 0 saturated carbocycles. The van der Waals surface area contributed by atoms with Gasteiger partial charge in [-0.3, -0.25) is 4.79 Å². The second-order valence-electron chi connectivity index (χ2n) is 4.87. The molecule has 0 aliphatic heterocycles. The molecule has 3 nitrogen and oxygen atoms in total. The summed E-state index contributed by atoms with van der Waals surface area (Å²) in [6.07, 6.45) is 0. The topological polar surface area (TPSA) is 52.9 Å². The van der Waals surface area contributed by atoms with Crippen LogP contribution < -0.4 is 5.32 Å². The van der Waals surface area contributed by atoms with E-state index < -0.39 is 0 Å². The number of carbonyl (C=O) groups is 1. The van der Waals surface area contributed by atoms with Gasteiger partial charge in [0.05, 0.1) is 11.6 Å². The zero-order valence-electron chi connectivity index (χ0n) is 11.6. The van der Waals surface area contributed by atoms with Gasteiger partial charge in [0.25, 0.3) is 5.91 Å². The Labute approximate surface area is 118 Å². The molecule has 0 saturated heterocycles. The third-order valence-corrected chi connectivity index (χ3v) is 2.99. The first-order chi connectivity index (χ1) is 9.58. The fourth-order valence-electron chi connectivity index (χ4n) is 2.14. The van der Waals surface area contributed by atoms with Crippen molar-refractivity contribution in [3.05, 3.63) is 70.3 Å². The van der Waals surface area contributed by atoms with Gasteiger partial charge in [0, 0.05) is 12.1 Å². The van der Waals surface area contributed by atoms with Gasteiger partial charge in [-0.05, 0) is 43.7 Å². The van der Waals surface area contributed by atoms with E-state index in [1.807, 2.05) is 44.2 Å². The average molecular weight is 264 g/mol. The van der Waals surface area contributed by atoms with Crippen LogP contribution >= 0.6 is 0 Å². The molecule has 0 atom stereocenters. The summed E-state index contributed by atoms with van der Waals surface area (Å²) in [5, 5.41) is 11.7. The summed E-state index contributed by atoms with van der Waals surface area (Å²) >= 11 is 0. The lowest BCUT2D eigenvalue weighted by atomic mass is 10.1. The van der Waals surface area contributed by atoms with Crippen LogP contribution in [-0.4, -0.2) is 5.91 Å². The van der Waals surface area contributed by atoms with E-state index in [0.717, 1.165) is 16.7 Å². The minimum Gasteiger partial charge on any atom is -0.348 e. The molecular formula is C17H16N2O. The Balaban J connectivity index is 2.06. The maximum Gasteiger partial charge on any atom is 0.251 e. The standard InChI is InChI=1S/C17H16N2O/c1-12-6-13(2)8-16(7-12)17(20)19-11-15-5-3-4-14(9-15)10-18/h3-9H,11H2,1-2H3,(H,19,20). The third kappa shape index (κ3) is 3.46. The smallest absolute Gasteiger partial charge is 0.251 e. The van der Waals surface area contributed by atoms with E-state index >= 15 is 0 Å². The molecule has 1 N–H and O–H groups in total. The Hall–Kier alpha value is -2.60. The summed E-state index contributed by atoms with van der Waals surface area (Å²) in [6, 6.07) is 15.1. The van der Waals surface area contributed by atoms with Crippen molar-refractivity contribution in [2.45, 2.75) is 20.4 Å². The molecule has 0 fully saturated rings. The number of amides is 1. The number of hydrogen-bond donors (Lipinski definition) is 1. The molecule has 0 spiro atoms. The lowest BCUT2D eigenvalue weighted by Gasteiger charge is -2.07. The molecule has 0 bridgehead atoms. The number of nitriles is 1. The summed E-state index contributed by atoms with van der Waals surface area (Å²) < 4.78 is 0. The number of aryl methyl sites for hydroxylation is 2. The van der Waals surface area contributed by atoms with Crippen LogP contribution in [0, 0.1) is 25.2 Å². The van der Waals surface area contributed by atoms with Gasteiger partial charge in [-0.25, -0.2) is 0 Å². The summed E-state index contributed by atoms with van der Waals surface area (Å²) in [5.74, 6) is -0.0980. The number of hydrogen-bond acceptors (Lipinski definition) is 2. The van der Waals surface area contributed by atoms with E-state index in [9.17, 15) is 4.79 Å². The molecule has 1 amide bonds. The predicted molar refractivity (Wildman–Crippen MR) is 78.2 cm³/mol. The molecule has 0 unspecified atom stereocenters. The van der Waals surface area contributed by atoms with Crippen molar-refractivity contribution in [1.29, 1.82) is 5.26 Å². The van der Waals surface area contributed by atoms with E-state index in [0.29, 0.717) is 17.7 Å². The number of carbonyl (C=O) groups excluding carboxylic acids is 1. The second-order valence-corrected chi connectivity index (χ2v) is 4.87. The summed E-state index contributed by atoms with van der Waals surface area (Å²) in [7, 11) is 0. The minimum absolute atomic E-state index is 0.0980. The number of rotatable bonds is 3. The Morgan fingerprint density at radius 1 is 1.15 bits per heavy atom. The fraction of sp³-hybridized carbons (Fsp3) is 0.176. The molecular weight excluding hydrogens is 248 g/mol. The van der Waals surface area contributed by atoms with E-state index in [-0.39, 0.29) is 5.91 Å². The molecule has 0 aliphatic carbocycles. The van der Waals surface area contributed by atoms with Gasteiger partial charge in [0.1, 0.15) is 0 Å². The average Bonchev–Trinajstić information content (AvgIpc) is 2.44. The summed E-state index contributed by atoms with van der Waals surface area (Å²) in [6.45, 7) is 4.36. The first kappa shape index (κ1) is 13.8. The van der Waals surface area contributed by atoms with E-state index in [1.165, 1.54) is 0 Å². The number of nitrogens with zero attached hydrogens (tertiary/aromatic N) is 1. The fourth-order valence-corrected chi connectivity index (χ4v) is 2.14. The SMILES string of the molecule is Cc1cc(C)cc(C(=O)NCc2cccc(C#N)c2)c1. The van der Waals surface area contributed by atoms with Gasteiger partial charge in [-0.15, -0.1) is 0 Å². The zero-order valence-corrected chi connectivity index (χ0v) is 11.6. The molecule has 0 heterocycles. The van der Waals surface area contributed by atoms with Gasteiger partial charge < -0.3 is 5.32 Å². The van der Waals surface area contributed by atoms with Gasteiger partial charge in [0.2, 0.25) is 0 Å². The number of nitrogens with one attached hydrogen (secondary N) is 1. The first-order valence-corrected chi connectivity index (χ1v) is 6.44. The van der Waals surface area contributed by atoms with Gasteiger partial charge in [0.15, 0.2) is 0 Å². The first-order valence-electron chi connectivity index (χ1n) is 6.44. The second kappa shape index (κ2) is 6.03. The van der Waals surface area contributed by atoms with Gasteiger partial charge >= 0.3 is 0 Å². The molecule has 3 heteroatoms. The molecule has 100 valence electrons. The molecule has 2 aromatic carbocycles. The summed E-state index contributed by atoms with van der Waals surface area (Å²) in [5.41, 5.74) is 4.33. The van der Waals surface area contributed by atoms with Crippen molar-refractivity contribution >= 4 is 5.91 Å². The molecule has 0 aliphatic rings. The van der Waals surface area contributed by atoms with Crippen molar-refractivity contribution in [3.63, 3.8) is 0 Å². The maximum atomic E-state index is 12.1. The van der Waals surface area contributed by atoms with Crippen LogP contribution in [0.3, 0.4) is 0 Å². The van der Waals surface area contributed by atoms with Crippen molar-refractivity contribution < 1.29 is 4.79 Å². The zero-order chi connectivity index (χ0) is 14.5. The van der Waals surface area contributed by atoms with Crippen LogP contribution in [0.2, 0.25) is 0 Å². The monoisotopic (exact) mass is 264 g/mol. The lowest BCUT2D eigenvalue weighted by molar-refractivity contribution is 0.0950. The quantitative estimate of drug-likeness (QED) is 0.926. The van der Waals surface area contributed by atoms with Crippen LogP contribution in [-0.2, 0) is 6.54 Å². The minimum atomic E-state index is -0.0980. The predicted octanol–water partition coefficient (Wildman–Crippen LogP) is 3.11. The van der Waals surface area contributed by atoms with Crippen LogP contribution in [0.25, 0.3) is 0 Å². The molecule has 0 radical (unpaired) electrons. The molecule has 0 aromatic heterocycles. The molecule has 2 aromatic rings. The van der Waals surface area contributed by atoms with Crippen molar-refractivity contribution in [2.75, 3.05) is 0 Å². The van der Waals surface area contributed by atoms with Crippen molar-refractivity contribution in [3.8, 4) is 6.07 Å². The van der Waals surface area contributed by atoms with Gasteiger partial charge in [-0.2, -0.15) is 5.26 Å². The maximum absolute atomic E-state index is 12.1. The number of benzene rings is 2. The van der Waals surface area contributed by atoms with Crippen LogP contribution in [0.15, 0.2) is 42.5 Å². The van der Waals surface area contributed by atoms with E-state index in [2.05, 4.69) is 11.4 Å². The Morgan fingerprint density at radius 3 is 2.50 bits per heavy atom. The lowest BCUT2D eigenvalue weighted by Crippen LogP contribution is -2.23. The van der Waals surface area contributed by atoms with Gasteiger partial charge in [-0.1, -0.05) is 29.3 Å².